The van der Waals surface area contributed by atoms with Crippen LogP contribution in [0.15, 0.2) is 66.9 Å². The average molecular weight is 501 g/mol. The van der Waals surface area contributed by atoms with Crippen LogP contribution in [0.3, 0.4) is 0 Å². The van der Waals surface area contributed by atoms with Gasteiger partial charge in [-0.15, -0.1) is 0 Å². The van der Waals surface area contributed by atoms with Gasteiger partial charge in [0.1, 0.15) is 5.75 Å². The molecule has 0 aliphatic heterocycles. The molecule has 10 heteroatoms. The summed E-state index contributed by atoms with van der Waals surface area (Å²) in [7, 11) is 0. The Morgan fingerprint density at radius 1 is 1.06 bits per heavy atom. The maximum Gasteiger partial charge on any atom is 0.417 e. The molecule has 0 radical (unpaired) electrons. The zero-order chi connectivity index (χ0) is 25.2. The van der Waals surface area contributed by atoms with E-state index in [1.54, 1.807) is 48.7 Å². The van der Waals surface area contributed by atoms with E-state index in [4.69, 9.17) is 16.3 Å². The average Bonchev–Trinajstić information content (AvgIpc) is 2.79. The molecule has 0 atom stereocenters. The van der Waals surface area contributed by atoms with Gasteiger partial charge in [0.05, 0.1) is 10.6 Å². The lowest BCUT2D eigenvalue weighted by Gasteiger charge is -2.13. The molecule has 6 nitrogen and oxygen atoms in total. The van der Waals surface area contributed by atoms with Crippen molar-refractivity contribution in [2.45, 2.75) is 26.1 Å². The highest BCUT2D eigenvalue weighted by atomic mass is 35.5. The van der Waals surface area contributed by atoms with Crippen LogP contribution in [0.5, 0.6) is 11.6 Å². The fourth-order valence-electron chi connectivity index (χ4n) is 3.39. The van der Waals surface area contributed by atoms with Gasteiger partial charge in [-0.1, -0.05) is 23.7 Å². The van der Waals surface area contributed by atoms with Crippen LogP contribution < -0.4 is 15.4 Å². The van der Waals surface area contributed by atoms with Crippen LogP contribution in [-0.2, 0) is 6.18 Å². The number of fused-ring (bicyclic) bond motifs is 1. The van der Waals surface area contributed by atoms with Crippen LogP contribution in [-0.4, -0.2) is 21.9 Å². The molecule has 0 saturated heterocycles. The van der Waals surface area contributed by atoms with Gasteiger partial charge in [-0.2, -0.15) is 18.2 Å². The van der Waals surface area contributed by atoms with Crippen LogP contribution in [0, 0.1) is 0 Å². The molecule has 0 unspecified atom stereocenters. The summed E-state index contributed by atoms with van der Waals surface area (Å²) in [5.41, 5.74) is -0.741. The second-order valence-electron chi connectivity index (χ2n) is 7.95. The smallest absolute Gasteiger partial charge is 0.417 e. The highest BCUT2D eigenvalue weighted by Crippen LogP contribution is 2.36. The van der Waals surface area contributed by atoms with Gasteiger partial charge in [0.2, 0.25) is 11.8 Å². The number of nitrogens with zero attached hydrogens (tertiary/aromatic N) is 2. The number of benzene rings is 3. The van der Waals surface area contributed by atoms with E-state index in [1.165, 1.54) is 6.07 Å². The molecule has 180 valence electrons. The Kier molecular flexibility index (Phi) is 6.79. The molecule has 0 bridgehead atoms. The molecular weight excluding hydrogens is 481 g/mol. The van der Waals surface area contributed by atoms with Crippen molar-refractivity contribution >= 4 is 39.9 Å². The Bertz CT molecular complexity index is 1390. The monoisotopic (exact) mass is 500 g/mol. The van der Waals surface area contributed by atoms with Crippen LogP contribution in [0.2, 0.25) is 5.02 Å². The third kappa shape index (κ3) is 5.81. The van der Waals surface area contributed by atoms with Crippen molar-refractivity contribution in [1.29, 1.82) is 0 Å². The number of carbonyl (C=O) groups excluding carboxylic acids is 1. The molecule has 1 amide bonds. The van der Waals surface area contributed by atoms with Gasteiger partial charge in [0, 0.05) is 29.6 Å². The normalized spacial score (nSPS) is 11.5. The highest BCUT2D eigenvalue weighted by molar-refractivity contribution is 6.31. The summed E-state index contributed by atoms with van der Waals surface area (Å²) in [4.78, 5) is 21.4. The molecule has 1 heterocycles. The first-order valence-corrected chi connectivity index (χ1v) is 11.0. The van der Waals surface area contributed by atoms with Crippen molar-refractivity contribution in [3.05, 3.63) is 83.0 Å². The molecule has 1 aromatic heterocycles. The van der Waals surface area contributed by atoms with Gasteiger partial charge in [-0.3, -0.25) is 4.79 Å². The van der Waals surface area contributed by atoms with Crippen molar-refractivity contribution in [2.24, 2.45) is 0 Å². The lowest BCUT2D eigenvalue weighted by Crippen LogP contribution is -2.14. The zero-order valence-electron chi connectivity index (χ0n) is 18.7. The molecule has 4 rings (SSSR count). The number of ether oxygens (including phenoxy) is 1. The second-order valence-corrected chi connectivity index (χ2v) is 8.36. The first kappa shape index (κ1) is 24.3. The summed E-state index contributed by atoms with van der Waals surface area (Å²) in [6.45, 7) is 3.94. The van der Waals surface area contributed by atoms with E-state index in [1.807, 2.05) is 13.8 Å². The van der Waals surface area contributed by atoms with Crippen LogP contribution in [0.1, 0.15) is 29.8 Å². The lowest BCUT2D eigenvalue weighted by atomic mass is 10.0. The van der Waals surface area contributed by atoms with Crippen molar-refractivity contribution in [3.8, 4) is 11.6 Å². The molecule has 2 N–H and O–H groups in total. The number of hydrogen-bond acceptors (Lipinski definition) is 5. The van der Waals surface area contributed by atoms with Crippen molar-refractivity contribution in [2.75, 3.05) is 10.6 Å². The third-order valence-electron chi connectivity index (χ3n) is 4.90. The highest BCUT2D eigenvalue weighted by Gasteiger charge is 2.33. The van der Waals surface area contributed by atoms with E-state index in [9.17, 15) is 18.0 Å². The minimum absolute atomic E-state index is 0.0155. The number of rotatable bonds is 6. The summed E-state index contributed by atoms with van der Waals surface area (Å²) in [5, 5.41) is 6.48. The summed E-state index contributed by atoms with van der Waals surface area (Å²) >= 11 is 5.66. The number of aromatic nitrogens is 2. The topological polar surface area (TPSA) is 76.1 Å². The minimum atomic E-state index is -4.64. The van der Waals surface area contributed by atoms with Crippen molar-refractivity contribution in [1.82, 2.24) is 9.97 Å². The first-order valence-electron chi connectivity index (χ1n) is 10.6. The summed E-state index contributed by atoms with van der Waals surface area (Å²) in [5.74, 6) is 0.726. The van der Waals surface area contributed by atoms with Gasteiger partial charge in [0.25, 0.3) is 5.91 Å². The van der Waals surface area contributed by atoms with Crippen LogP contribution >= 0.6 is 11.6 Å². The number of amides is 1. The molecule has 4 aromatic rings. The van der Waals surface area contributed by atoms with E-state index in [2.05, 4.69) is 20.6 Å². The number of alkyl halides is 3. The number of halogens is 4. The van der Waals surface area contributed by atoms with E-state index in [-0.39, 0.29) is 11.7 Å². The molecule has 3 aromatic carbocycles. The van der Waals surface area contributed by atoms with E-state index < -0.39 is 22.7 Å². The molecule has 0 saturated carbocycles. The van der Waals surface area contributed by atoms with E-state index in [0.29, 0.717) is 33.9 Å². The Balaban J connectivity index is 1.57. The molecule has 0 spiro atoms. The van der Waals surface area contributed by atoms with Gasteiger partial charge in [0.15, 0.2) is 0 Å². The maximum absolute atomic E-state index is 13.1. The second kappa shape index (κ2) is 9.79. The molecular formula is C25H20ClF3N4O2. The van der Waals surface area contributed by atoms with Gasteiger partial charge in [-0.05, 0) is 67.1 Å². The lowest BCUT2D eigenvalue weighted by molar-refractivity contribution is -0.137. The SMILES string of the molecule is CC(C)Nc1nccc(Oc2ccc3c(C(=O)Nc4ccc(Cl)c(C(F)(F)F)c4)cccc3c2)n1. The fourth-order valence-corrected chi connectivity index (χ4v) is 3.61. The van der Waals surface area contributed by atoms with Gasteiger partial charge < -0.3 is 15.4 Å². The van der Waals surface area contributed by atoms with Crippen LogP contribution in [0.25, 0.3) is 10.8 Å². The first-order chi connectivity index (χ1) is 16.6. The number of anilines is 2. The fraction of sp³-hybridized carbons (Fsp3) is 0.160. The number of hydrogen-bond donors (Lipinski definition) is 2. The predicted molar refractivity (Wildman–Crippen MR) is 129 cm³/mol. The molecule has 0 fully saturated rings. The van der Waals surface area contributed by atoms with Gasteiger partial charge in [-0.25, -0.2) is 4.98 Å². The van der Waals surface area contributed by atoms with Crippen molar-refractivity contribution in [3.63, 3.8) is 0 Å². The molecule has 35 heavy (non-hydrogen) atoms. The largest absolute Gasteiger partial charge is 0.439 e. The molecule has 0 aliphatic rings. The maximum atomic E-state index is 13.1. The van der Waals surface area contributed by atoms with E-state index >= 15 is 0 Å². The minimum Gasteiger partial charge on any atom is -0.439 e. The Morgan fingerprint density at radius 3 is 2.60 bits per heavy atom. The van der Waals surface area contributed by atoms with Gasteiger partial charge >= 0.3 is 6.18 Å². The number of nitrogens with one attached hydrogen (secondary N) is 2. The summed E-state index contributed by atoms with van der Waals surface area (Å²) in [6.07, 6.45) is -3.06. The Morgan fingerprint density at radius 2 is 1.86 bits per heavy atom. The predicted octanol–water partition coefficient (Wildman–Crippen LogP) is 7.17. The standard InChI is InChI=1S/C25H20ClF3N4O2/c1-14(2)31-24-30-11-10-22(33-24)35-17-7-8-18-15(12-17)4-3-5-19(18)23(34)32-16-6-9-21(26)20(13-16)25(27,28)29/h3-14H,1-2H3,(H,32,34)(H,30,31,33). The van der Waals surface area contributed by atoms with Crippen molar-refractivity contribution < 1.29 is 22.7 Å². The third-order valence-corrected chi connectivity index (χ3v) is 5.23. The van der Waals surface area contributed by atoms with E-state index in [0.717, 1.165) is 12.1 Å². The molecule has 0 aliphatic carbocycles. The summed E-state index contributed by atoms with van der Waals surface area (Å²) < 4.78 is 45.3. The Labute approximate surface area is 204 Å². The Hall–Kier alpha value is -3.85. The van der Waals surface area contributed by atoms with Crippen LogP contribution in [0.4, 0.5) is 24.8 Å². The zero-order valence-corrected chi connectivity index (χ0v) is 19.4. The quantitative estimate of drug-likeness (QED) is 0.293. The summed E-state index contributed by atoms with van der Waals surface area (Å²) in [6, 6.07) is 15.2. The number of carbonyl (C=O) groups is 1.